The van der Waals surface area contributed by atoms with E-state index in [2.05, 4.69) is 20.5 Å². The zero-order chi connectivity index (χ0) is 11.4. The third-order valence-corrected chi connectivity index (χ3v) is 1.99. The molecular weight excluding hydrogens is 211 g/mol. The minimum absolute atomic E-state index is 0.260. The van der Waals surface area contributed by atoms with E-state index in [1.165, 1.54) is 30.6 Å². The molecule has 0 saturated heterocycles. The van der Waals surface area contributed by atoms with Crippen LogP contribution in [-0.4, -0.2) is 21.1 Å². The summed E-state index contributed by atoms with van der Waals surface area (Å²) < 4.78 is 12.6. The van der Waals surface area contributed by atoms with Crippen molar-refractivity contribution in [2.45, 2.75) is 6.54 Å². The van der Waals surface area contributed by atoms with E-state index in [-0.39, 0.29) is 18.3 Å². The molecule has 0 atom stereocenters. The zero-order valence-electron chi connectivity index (χ0n) is 8.27. The SMILES string of the molecule is O=C(NCc1ncn[nH]1)c1ccc(F)cc1. The molecule has 0 fully saturated rings. The van der Waals surface area contributed by atoms with Gasteiger partial charge in [0.15, 0.2) is 0 Å². The number of halogens is 1. The second kappa shape index (κ2) is 4.52. The van der Waals surface area contributed by atoms with Crippen LogP contribution < -0.4 is 5.32 Å². The number of carbonyl (C=O) groups is 1. The molecule has 0 radical (unpaired) electrons. The van der Waals surface area contributed by atoms with Crippen LogP contribution in [0.25, 0.3) is 0 Å². The molecule has 2 aromatic rings. The molecule has 1 heterocycles. The molecule has 82 valence electrons. The number of nitrogens with one attached hydrogen (secondary N) is 2. The van der Waals surface area contributed by atoms with Gasteiger partial charge in [0.1, 0.15) is 18.0 Å². The Hall–Kier alpha value is -2.24. The lowest BCUT2D eigenvalue weighted by Gasteiger charge is -2.02. The van der Waals surface area contributed by atoms with Gasteiger partial charge in [0, 0.05) is 5.56 Å². The van der Waals surface area contributed by atoms with E-state index in [0.717, 1.165) is 0 Å². The normalized spacial score (nSPS) is 10.1. The first-order chi connectivity index (χ1) is 7.75. The molecule has 0 saturated carbocycles. The molecule has 1 aromatic carbocycles. The third-order valence-electron chi connectivity index (χ3n) is 1.99. The number of carbonyl (C=O) groups excluding carboxylic acids is 1. The number of nitrogens with zero attached hydrogens (tertiary/aromatic N) is 2. The fourth-order valence-electron chi connectivity index (χ4n) is 1.18. The van der Waals surface area contributed by atoms with Gasteiger partial charge in [0.05, 0.1) is 6.54 Å². The molecular formula is C10H9FN4O. The van der Waals surface area contributed by atoms with Crippen molar-refractivity contribution in [2.24, 2.45) is 0 Å². The lowest BCUT2D eigenvalue weighted by atomic mass is 10.2. The van der Waals surface area contributed by atoms with Gasteiger partial charge in [-0.1, -0.05) is 0 Å². The molecule has 16 heavy (non-hydrogen) atoms. The summed E-state index contributed by atoms with van der Waals surface area (Å²) >= 11 is 0. The van der Waals surface area contributed by atoms with E-state index in [1.54, 1.807) is 0 Å². The number of hydrogen-bond acceptors (Lipinski definition) is 3. The smallest absolute Gasteiger partial charge is 0.251 e. The van der Waals surface area contributed by atoms with Crippen molar-refractivity contribution in [1.29, 1.82) is 0 Å². The van der Waals surface area contributed by atoms with Crippen molar-refractivity contribution >= 4 is 5.91 Å². The maximum Gasteiger partial charge on any atom is 0.251 e. The van der Waals surface area contributed by atoms with E-state index in [4.69, 9.17) is 0 Å². The lowest BCUT2D eigenvalue weighted by Crippen LogP contribution is -2.23. The monoisotopic (exact) mass is 220 g/mol. The molecule has 0 aliphatic carbocycles. The maximum atomic E-state index is 12.6. The highest BCUT2D eigenvalue weighted by Crippen LogP contribution is 2.02. The van der Waals surface area contributed by atoms with Gasteiger partial charge in [-0.15, -0.1) is 0 Å². The molecule has 0 aliphatic heterocycles. The van der Waals surface area contributed by atoms with E-state index in [1.807, 2.05) is 0 Å². The summed E-state index contributed by atoms with van der Waals surface area (Å²) in [6.45, 7) is 0.260. The van der Waals surface area contributed by atoms with Gasteiger partial charge < -0.3 is 5.32 Å². The average molecular weight is 220 g/mol. The summed E-state index contributed by atoms with van der Waals surface area (Å²) in [5.41, 5.74) is 0.404. The quantitative estimate of drug-likeness (QED) is 0.806. The van der Waals surface area contributed by atoms with Crippen LogP contribution in [0, 0.1) is 5.82 Å². The minimum Gasteiger partial charge on any atom is -0.345 e. The first-order valence-electron chi connectivity index (χ1n) is 4.64. The number of benzene rings is 1. The Morgan fingerprint density at radius 3 is 2.75 bits per heavy atom. The highest BCUT2D eigenvalue weighted by molar-refractivity contribution is 5.93. The van der Waals surface area contributed by atoms with E-state index < -0.39 is 0 Å². The van der Waals surface area contributed by atoms with Gasteiger partial charge in [-0.25, -0.2) is 9.37 Å². The molecule has 0 aliphatic rings. The molecule has 0 bridgehead atoms. The molecule has 0 spiro atoms. The van der Waals surface area contributed by atoms with E-state index in [9.17, 15) is 9.18 Å². The van der Waals surface area contributed by atoms with Crippen LogP contribution in [0.2, 0.25) is 0 Å². The molecule has 6 heteroatoms. The molecule has 1 aromatic heterocycles. The number of rotatable bonds is 3. The van der Waals surface area contributed by atoms with Gasteiger partial charge in [0.2, 0.25) is 0 Å². The number of aromatic amines is 1. The Morgan fingerprint density at radius 1 is 1.38 bits per heavy atom. The fourth-order valence-corrected chi connectivity index (χ4v) is 1.18. The van der Waals surface area contributed by atoms with Crippen molar-refractivity contribution in [3.05, 3.63) is 47.8 Å². The summed E-state index contributed by atoms with van der Waals surface area (Å²) in [6.07, 6.45) is 1.36. The highest BCUT2D eigenvalue weighted by atomic mass is 19.1. The fraction of sp³-hybridized carbons (Fsp3) is 0.100. The standard InChI is InChI=1S/C10H9FN4O/c11-8-3-1-7(2-4-8)10(16)12-5-9-13-6-14-15-9/h1-4,6H,5H2,(H,12,16)(H,13,14,15). The summed E-state index contributed by atoms with van der Waals surface area (Å²) in [7, 11) is 0. The lowest BCUT2D eigenvalue weighted by molar-refractivity contribution is 0.0950. The molecule has 0 unspecified atom stereocenters. The van der Waals surface area contributed by atoms with Gasteiger partial charge in [-0.05, 0) is 24.3 Å². The Labute approximate surface area is 90.7 Å². The molecule has 2 rings (SSSR count). The van der Waals surface area contributed by atoms with Crippen LogP contribution in [0.1, 0.15) is 16.2 Å². The summed E-state index contributed by atoms with van der Waals surface area (Å²) in [4.78, 5) is 15.4. The first kappa shape index (κ1) is 10.3. The minimum atomic E-state index is -0.369. The summed E-state index contributed by atoms with van der Waals surface area (Å²) in [5, 5.41) is 8.89. The number of amides is 1. The van der Waals surface area contributed by atoms with Crippen molar-refractivity contribution < 1.29 is 9.18 Å². The van der Waals surface area contributed by atoms with Gasteiger partial charge in [-0.3, -0.25) is 9.89 Å². The van der Waals surface area contributed by atoms with Crippen LogP contribution in [0.4, 0.5) is 4.39 Å². The molecule has 2 N–H and O–H groups in total. The Morgan fingerprint density at radius 2 is 2.12 bits per heavy atom. The molecule has 5 nitrogen and oxygen atoms in total. The Balaban J connectivity index is 1.95. The first-order valence-corrected chi connectivity index (χ1v) is 4.64. The number of aromatic nitrogens is 3. The summed E-state index contributed by atoms with van der Waals surface area (Å²) in [6, 6.07) is 5.32. The van der Waals surface area contributed by atoms with Crippen molar-refractivity contribution in [3.8, 4) is 0 Å². The number of H-pyrrole nitrogens is 1. The van der Waals surface area contributed by atoms with Gasteiger partial charge in [0.25, 0.3) is 5.91 Å². The summed E-state index contributed by atoms with van der Waals surface area (Å²) in [5.74, 6) is -0.0846. The van der Waals surface area contributed by atoms with E-state index in [0.29, 0.717) is 11.4 Å². The van der Waals surface area contributed by atoms with Crippen LogP contribution in [-0.2, 0) is 6.54 Å². The predicted octanol–water partition coefficient (Wildman–Crippen LogP) is 0.874. The topological polar surface area (TPSA) is 70.7 Å². The van der Waals surface area contributed by atoms with Crippen molar-refractivity contribution in [2.75, 3.05) is 0 Å². The van der Waals surface area contributed by atoms with Gasteiger partial charge in [-0.2, -0.15) is 5.10 Å². The predicted molar refractivity (Wildman–Crippen MR) is 54.0 cm³/mol. The van der Waals surface area contributed by atoms with Gasteiger partial charge >= 0.3 is 0 Å². The van der Waals surface area contributed by atoms with E-state index >= 15 is 0 Å². The second-order valence-corrected chi connectivity index (χ2v) is 3.12. The van der Waals surface area contributed by atoms with Crippen LogP contribution in [0.5, 0.6) is 0 Å². The second-order valence-electron chi connectivity index (χ2n) is 3.12. The third kappa shape index (κ3) is 2.41. The Kier molecular flexibility index (Phi) is 2.90. The zero-order valence-corrected chi connectivity index (χ0v) is 8.27. The van der Waals surface area contributed by atoms with Crippen LogP contribution in [0.3, 0.4) is 0 Å². The molecule has 1 amide bonds. The Bertz CT molecular complexity index is 466. The van der Waals surface area contributed by atoms with Crippen molar-refractivity contribution in [1.82, 2.24) is 20.5 Å². The highest BCUT2D eigenvalue weighted by Gasteiger charge is 2.05. The maximum absolute atomic E-state index is 12.6. The number of hydrogen-bond donors (Lipinski definition) is 2. The van der Waals surface area contributed by atoms with Crippen LogP contribution >= 0.6 is 0 Å². The van der Waals surface area contributed by atoms with Crippen molar-refractivity contribution in [3.63, 3.8) is 0 Å². The van der Waals surface area contributed by atoms with Crippen LogP contribution in [0.15, 0.2) is 30.6 Å². The average Bonchev–Trinajstić information content (AvgIpc) is 2.80. The largest absolute Gasteiger partial charge is 0.345 e.